The number of rotatable bonds is 5. The quantitative estimate of drug-likeness (QED) is 0.832. The number of benzene rings is 2. The number of aryl methyl sites for hydroxylation is 1. The third kappa shape index (κ3) is 3.63. The monoisotopic (exact) mass is 283 g/mol. The van der Waals surface area contributed by atoms with E-state index in [4.69, 9.17) is 4.74 Å². The minimum absolute atomic E-state index is 0.00174. The van der Waals surface area contributed by atoms with Crippen molar-refractivity contribution >= 4 is 11.6 Å². The Morgan fingerprint density at radius 1 is 1.14 bits per heavy atom. The van der Waals surface area contributed by atoms with Gasteiger partial charge >= 0.3 is 0 Å². The average molecular weight is 283 g/mol. The van der Waals surface area contributed by atoms with E-state index >= 15 is 0 Å². The van der Waals surface area contributed by atoms with Crippen LogP contribution in [0.25, 0.3) is 0 Å². The fourth-order valence-electron chi connectivity index (χ4n) is 2.27. The Hall–Kier alpha value is -2.29. The molecule has 0 fully saturated rings. The van der Waals surface area contributed by atoms with Crippen molar-refractivity contribution in [3.63, 3.8) is 0 Å². The van der Waals surface area contributed by atoms with E-state index in [0.29, 0.717) is 0 Å². The van der Waals surface area contributed by atoms with Crippen LogP contribution >= 0.6 is 0 Å². The van der Waals surface area contributed by atoms with Gasteiger partial charge in [-0.05, 0) is 48.4 Å². The number of hydrogen-bond donors (Lipinski definition) is 0. The average Bonchev–Trinajstić information content (AvgIpc) is 2.54. The van der Waals surface area contributed by atoms with Crippen molar-refractivity contribution in [1.29, 1.82) is 0 Å². The van der Waals surface area contributed by atoms with Gasteiger partial charge in [-0.15, -0.1) is 0 Å². The minimum Gasteiger partial charge on any atom is -0.497 e. The Balaban J connectivity index is 2.19. The van der Waals surface area contributed by atoms with E-state index < -0.39 is 0 Å². The molecule has 0 aliphatic carbocycles. The molecule has 0 spiro atoms. The van der Waals surface area contributed by atoms with E-state index in [1.165, 1.54) is 5.56 Å². The zero-order valence-corrected chi connectivity index (χ0v) is 12.8. The Bertz CT molecular complexity index is 605. The molecule has 3 nitrogen and oxygen atoms in total. The second kappa shape index (κ2) is 6.93. The second-order valence-corrected chi connectivity index (χ2v) is 5.01. The van der Waals surface area contributed by atoms with Gasteiger partial charge in [-0.1, -0.05) is 25.5 Å². The fraction of sp³-hybridized carbons (Fsp3) is 0.278. The number of amides is 1. The summed E-state index contributed by atoms with van der Waals surface area (Å²) >= 11 is 0. The molecule has 0 heterocycles. The zero-order valence-electron chi connectivity index (χ0n) is 12.8. The standard InChI is InChI=1S/C18H21NO2/c1-4-6-14-7-5-8-15(13-14)18(20)19(2)16-9-11-17(21-3)12-10-16/h5,7-13H,4,6H2,1-3H3. The predicted molar refractivity (Wildman–Crippen MR) is 86.2 cm³/mol. The van der Waals surface area contributed by atoms with Crippen molar-refractivity contribution in [3.8, 4) is 5.75 Å². The largest absolute Gasteiger partial charge is 0.497 e. The molecule has 2 aromatic carbocycles. The Morgan fingerprint density at radius 3 is 2.48 bits per heavy atom. The molecular weight excluding hydrogens is 262 g/mol. The van der Waals surface area contributed by atoms with Crippen LogP contribution in [0.2, 0.25) is 0 Å². The molecule has 0 saturated heterocycles. The van der Waals surface area contributed by atoms with Gasteiger partial charge in [0.05, 0.1) is 7.11 Å². The molecule has 0 aliphatic rings. The second-order valence-electron chi connectivity index (χ2n) is 5.01. The van der Waals surface area contributed by atoms with E-state index in [1.54, 1.807) is 19.1 Å². The van der Waals surface area contributed by atoms with E-state index in [2.05, 4.69) is 13.0 Å². The molecule has 2 aromatic rings. The molecular formula is C18H21NO2. The van der Waals surface area contributed by atoms with Crippen LogP contribution in [0.15, 0.2) is 48.5 Å². The van der Waals surface area contributed by atoms with Crippen molar-refractivity contribution in [2.75, 3.05) is 19.1 Å². The highest BCUT2D eigenvalue weighted by Crippen LogP contribution is 2.20. The van der Waals surface area contributed by atoms with Crippen LogP contribution in [-0.2, 0) is 6.42 Å². The summed E-state index contributed by atoms with van der Waals surface area (Å²) in [6.45, 7) is 2.14. The van der Waals surface area contributed by atoms with Crippen molar-refractivity contribution < 1.29 is 9.53 Å². The third-order valence-electron chi connectivity index (χ3n) is 3.48. The van der Waals surface area contributed by atoms with Crippen LogP contribution < -0.4 is 9.64 Å². The van der Waals surface area contributed by atoms with E-state index in [9.17, 15) is 4.79 Å². The number of carbonyl (C=O) groups is 1. The van der Waals surface area contributed by atoms with Gasteiger partial charge in [0, 0.05) is 18.3 Å². The summed E-state index contributed by atoms with van der Waals surface area (Å²) in [7, 11) is 3.42. The first-order chi connectivity index (χ1) is 10.2. The van der Waals surface area contributed by atoms with Gasteiger partial charge < -0.3 is 9.64 Å². The summed E-state index contributed by atoms with van der Waals surface area (Å²) in [6, 6.07) is 15.3. The maximum absolute atomic E-state index is 12.6. The first kappa shape index (κ1) is 15.1. The molecule has 0 saturated carbocycles. The van der Waals surface area contributed by atoms with E-state index in [1.807, 2.05) is 42.5 Å². The van der Waals surface area contributed by atoms with Crippen molar-refractivity contribution in [3.05, 3.63) is 59.7 Å². The summed E-state index contributed by atoms with van der Waals surface area (Å²) in [5, 5.41) is 0. The molecule has 0 N–H and O–H groups in total. The maximum atomic E-state index is 12.6. The van der Waals surface area contributed by atoms with Crippen molar-refractivity contribution in [2.45, 2.75) is 19.8 Å². The molecule has 0 radical (unpaired) electrons. The Labute approximate surface area is 126 Å². The van der Waals surface area contributed by atoms with Crippen molar-refractivity contribution in [1.82, 2.24) is 0 Å². The number of nitrogens with zero attached hydrogens (tertiary/aromatic N) is 1. The first-order valence-corrected chi connectivity index (χ1v) is 7.16. The number of methoxy groups -OCH3 is 1. The summed E-state index contributed by atoms with van der Waals surface area (Å²) in [5.74, 6) is 0.780. The van der Waals surface area contributed by atoms with Crippen LogP contribution in [-0.4, -0.2) is 20.1 Å². The number of anilines is 1. The van der Waals surface area contributed by atoms with Gasteiger partial charge in [0.15, 0.2) is 0 Å². The summed E-state index contributed by atoms with van der Waals surface area (Å²) in [4.78, 5) is 14.2. The molecule has 3 heteroatoms. The highest BCUT2D eigenvalue weighted by Gasteiger charge is 2.13. The van der Waals surface area contributed by atoms with Crippen LogP contribution in [0.3, 0.4) is 0 Å². The van der Waals surface area contributed by atoms with Gasteiger partial charge in [0.1, 0.15) is 5.75 Å². The smallest absolute Gasteiger partial charge is 0.258 e. The predicted octanol–water partition coefficient (Wildman–Crippen LogP) is 3.92. The zero-order chi connectivity index (χ0) is 15.2. The maximum Gasteiger partial charge on any atom is 0.258 e. The molecule has 1 amide bonds. The first-order valence-electron chi connectivity index (χ1n) is 7.16. The molecule has 0 atom stereocenters. The lowest BCUT2D eigenvalue weighted by atomic mass is 10.1. The molecule has 21 heavy (non-hydrogen) atoms. The van der Waals surface area contributed by atoms with Crippen LogP contribution in [0.1, 0.15) is 29.3 Å². The lowest BCUT2D eigenvalue weighted by molar-refractivity contribution is 0.0993. The lowest BCUT2D eigenvalue weighted by Crippen LogP contribution is -2.26. The topological polar surface area (TPSA) is 29.5 Å². The van der Waals surface area contributed by atoms with Gasteiger partial charge in [-0.3, -0.25) is 4.79 Å². The van der Waals surface area contributed by atoms with Crippen molar-refractivity contribution in [2.24, 2.45) is 0 Å². The molecule has 0 aromatic heterocycles. The van der Waals surface area contributed by atoms with Crippen LogP contribution in [0, 0.1) is 0 Å². The highest BCUT2D eigenvalue weighted by molar-refractivity contribution is 6.05. The third-order valence-corrected chi connectivity index (χ3v) is 3.48. The fourth-order valence-corrected chi connectivity index (χ4v) is 2.27. The SMILES string of the molecule is CCCc1cccc(C(=O)N(C)c2ccc(OC)cc2)c1. The Kier molecular flexibility index (Phi) is 4.99. The lowest BCUT2D eigenvalue weighted by Gasteiger charge is -2.18. The number of hydrogen-bond acceptors (Lipinski definition) is 2. The molecule has 0 bridgehead atoms. The number of ether oxygens (including phenoxy) is 1. The van der Waals surface area contributed by atoms with Gasteiger partial charge in [0.25, 0.3) is 5.91 Å². The molecule has 0 aliphatic heterocycles. The summed E-state index contributed by atoms with van der Waals surface area (Å²) < 4.78 is 5.13. The molecule has 0 unspecified atom stereocenters. The molecule has 110 valence electrons. The Morgan fingerprint density at radius 2 is 1.86 bits per heavy atom. The summed E-state index contributed by atoms with van der Waals surface area (Å²) in [6.07, 6.45) is 2.07. The summed E-state index contributed by atoms with van der Waals surface area (Å²) in [5.41, 5.74) is 2.77. The minimum atomic E-state index is -0.00174. The van der Waals surface area contributed by atoms with Crippen LogP contribution in [0.4, 0.5) is 5.69 Å². The number of carbonyl (C=O) groups excluding carboxylic acids is 1. The molecule has 2 rings (SSSR count). The van der Waals surface area contributed by atoms with E-state index in [-0.39, 0.29) is 5.91 Å². The van der Waals surface area contributed by atoms with E-state index in [0.717, 1.165) is 29.8 Å². The van der Waals surface area contributed by atoms with Gasteiger partial charge in [-0.2, -0.15) is 0 Å². The van der Waals surface area contributed by atoms with Crippen LogP contribution in [0.5, 0.6) is 5.75 Å². The normalized spacial score (nSPS) is 10.2. The van der Waals surface area contributed by atoms with Gasteiger partial charge in [0.2, 0.25) is 0 Å². The highest BCUT2D eigenvalue weighted by atomic mass is 16.5. The van der Waals surface area contributed by atoms with Gasteiger partial charge in [-0.25, -0.2) is 0 Å².